The van der Waals surface area contributed by atoms with Crippen LogP contribution in [0.4, 0.5) is 11.4 Å². The Morgan fingerprint density at radius 3 is 2.02 bits per heavy atom. The van der Waals surface area contributed by atoms with E-state index in [-0.39, 0.29) is 41.8 Å². The zero-order chi connectivity index (χ0) is 36.2. The number of nitrogens with zero attached hydrogens (tertiary/aromatic N) is 4. The first-order valence-corrected chi connectivity index (χ1v) is 18.4. The molecule has 0 bridgehead atoms. The van der Waals surface area contributed by atoms with Crippen molar-refractivity contribution in [2.75, 3.05) is 9.80 Å². The Bertz CT molecular complexity index is 2560. The number of hydrogen-bond donors (Lipinski definition) is 0. The van der Waals surface area contributed by atoms with Crippen LogP contribution in [0.25, 0.3) is 38.6 Å². The van der Waals surface area contributed by atoms with Gasteiger partial charge in [0.25, 0.3) is 0 Å². The van der Waals surface area contributed by atoms with Gasteiger partial charge in [-0.05, 0) is 28.8 Å². The van der Waals surface area contributed by atoms with Crippen molar-refractivity contribution in [2.45, 2.75) is 71.6 Å². The van der Waals surface area contributed by atoms with Crippen LogP contribution in [-0.2, 0) is 36.4 Å². The van der Waals surface area contributed by atoms with Crippen molar-refractivity contribution in [3.05, 3.63) is 163 Å². The summed E-state index contributed by atoms with van der Waals surface area (Å²) in [6.07, 6.45) is 2.25. The number of benzene rings is 5. The predicted molar refractivity (Wildman–Crippen MR) is 216 cm³/mol. The molecule has 0 spiro atoms. The van der Waals surface area contributed by atoms with E-state index in [9.17, 15) is 0 Å². The molecule has 2 aromatic heterocycles. The molecule has 53 heavy (non-hydrogen) atoms. The Labute approximate surface area is 327 Å². The van der Waals surface area contributed by atoms with Gasteiger partial charge in [0.05, 0.1) is 11.3 Å². The Balaban J connectivity index is 0.000000152. The molecule has 7 aromatic rings. The van der Waals surface area contributed by atoms with E-state index < -0.39 is 0 Å². The number of imidazole rings is 1. The SMILES string of the molecule is CC1(C)C2=CN(c3[c-]cccc3)[CH-]N2c2ccccc2C1(C)C.CC1(C)c2cccc3c4ccc[c-]c4c4nc(-c5ccccc5)c(n4c23)C1(C)C.[Ir+3]. The second-order valence-corrected chi connectivity index (χ2v) is 16.7. The molecule has 0 radical (unpaired) electrons. The third-order valence-electron chi connectivity index (χ3n) is 13.2. The molecule has 0 atom stereocenters. The van der Waals surface area contributed by atoms with Crippen molar-refractivity contribution < 1.29 is 20.1 Å². The summed E-state index contributed by atoms with van der Waals surface area (Å²) in [7, 11) is 0. The summed E-state index contributed by atoms with van der Waals surface area (Å²) in [4.78, 5) is 9.77. The van der Waals surface area contributed by atoms with Crippen molar-refractivity contribution in [2.24, 2.45) is 5.41 Å². The van der Waals surface area contributed by atoms with Crippen LogP contribution >= 0.6 is 0 Å². The molecule has 4 nitrogen and oxygen atoms in total. The topological polar surface area (TPSA) is 23.8 Å². The zero-order valence-electron chi connectivity index (χ0n) is 31.7. The summed E-state index contributed by atoms with van der Waals surface area (Å²) in [5.74, 6) is 0. The standard InChI is InChI=1S/C27H23N2.C21H22N2.Ir/c1-26(2)21-16-10-15-19-18-13-8-9-14-20(18)25-28-22(17-11-6-5-7-12-17)24(27(26,3)4)29(25)23(19)21;1-20(2)17-12-8-9-13-18(17)23-15-22(14-19(23)21(20,3)4)16-10-6-5-7-11-16;/h5-13,15-16H,1-4H3;5-10,12-15H,1-4H3;/q-1;-2;+3. The summed E-state index contributed by atoms with van der Waals surface area (Å²) in [6, 6.07) is 47.3. The molecular formula is C48H45IrN4. The maximum atomic E-state index is 5.26. The Kier molecular flexibility index (Phi) is 8.11. The van der Waals surface area contributed by atoms with Gasteiger partial charge in [0, 0.05) is 49.8 Å². The van der Waals surface area contributed by atoms with E-state index in [4.69, 9.17) is 4.98 Å². The molecule has 0 fully saturated rings. The van der Waals surface area contributed by atoms with E-state index in [0.717, 1.165) is 22.4 Å². The van der Waals surface area contributed by atoms with Gasteiger partial charge in [-0.2, -0.15) is 30.3 Å². The van der Waals surface area contributed by atoms with Gasteiger partial charge in [0.2, 0.25) is 0 Å². The minimum Gasteiger partial charge on any atom is -0.500 e. The van der Waals surface area contributed by atoms with E-state index in [0.29, 0.717) is 0 Å². The smallest absolute Gasteiger partial charge is 0.500 e. The number of rotatable bonds is 2. The number of anilines is 2. The molecule has 10 rings (SSSR count). The molecular weight excluding hydrogens is 825 g/mol. The van der Waals surface area contributed by atoms with Crippen molar-refractivity contribution in [3.63, 3.8) is 0 Å². The van der Waals surface area contributed by atoms with Gasteiger partial charge >= 0.3 is 20.1 Å². The molecule has 0 unspecified atom stereocenters. The Morgan fingerprint density at radius 2 is 1.26 bits per heavy atom. The van der Waals surface area contributed by atoms with Crippen LogP contribution in [0, 0.1) is 24.2 Å². The first-order valence-electron chi connectivity index (χ1n) is 18.4. The van der Waals surface area contributed by atoms with Crippen molar-refractivity contribution in [1.29, 1.82) is 0 Å². The third-order valence-corrected chi connectivity index (χ3v) is 13.2. The molecule has 5 aromatic carbocycles. The average Bonchev–Trinajstić information content (AvgIpc) is 3.80. The van der Waals surface area contributed by atoms with Gasteiger partial charge in [-0.15, -0.1) is 42.0 Å². The van der Waals surface area contributed by atoms with Crippen LogP contribution in [-0.4, -0.2) is 9.38 Å². The molecule has 3 aliphatic rings. The van der Waals surface area contributed by atoms with Crippen LogP contribution in [0.1, 0.15) is 72.2 Å². The van der Waals surface area contributed by atoms with E-state index in [1.54, 1.807) is 0 Å². The number of para-hydroxylation sites is 3. The van der Waals surface area contributed by atoms with Gasteiger partial charge in [0.15, 0.2) is 0 Å². The largest absolute Gasteiger partial charge is 3.00 e. The predicted octanol–water partition coefficient (Wildman–Crippen LogP) is 11.8. The number of allylic oxidation sites excluding steroid dienone is 1. The number of pyridine rings is 1. The summed E-state index contributed by atoms with van der Waals surface area (Å²) in [6.45, 7) is 21.0. The van der Waals surface area contributed by atoms with Gasteiger partial charge in [-0.3, -0.25) is 4.98 Å². The summed E-state index contributed by atoms with van der Waals surface area (Å²) in [5, 5.41) is 3.60. The second kappa shape index (κ2) is 12.2. The summed E-state index contributed by atoms with van der Waals surface area (Å²) in [5.41, 5.74) is 12.3. The second-order valence-electron chi connectivity index (χ2n) is 16.7. The van der Waals surface area contributed by atoms with E-state index in [1.165, 1.54) is 50.1 Å². The van der Waals surface area contributed by atoms with Crippen molar-refractivity contribution in [3.8, 4) is 11.3 Å². The maximum Gasteiger partial charge on any atom is 3.00 e. The first kappa shape index (κ1) is 35.3. The molecule has 5 heterocycles. The quantitative estimate of drug-likeness (QED) is 0.128. The molecule has 5 heteroatoms. The van der Waals surface area contributed by atoms with Gasteiger partial charge < -0.3 is 14.2 Å². The van der Waals surface area contributed by atoms with Gasteiger partial charge in [-0.25, -0.2) is 0 Å². The fraction of sp³-hybridized carbons (Fsp3) is 0.250. The zero-order valence-corrected chi connectivity index (χ0v) is 34.1. The van der Waals surface area contributed by atoms with E-state index in [1.807, 2.05) is 18.2 Å². The minimum absolute atomic E-state index is 0. The average molecular weight is 870 g/mol. The molecule has 0 saturated carbocycles. The van der Waals surface area contributed by atoms with E-state index >= 15 is 0 Å². The fourth-order valence-corrected chi connectivity index (χ4v) is 8.78. The van der Waals surface area contributed by atoms with Crippen LogP contribution in [0.2, 0.25) is 0 Å². The van der Waals surface area contributed by atoms with Crippen molar-refractivity contribution in [1.82, 2.24) is 9.38 Å². The van der Waals surface area contributed by atoms with Gasteiger partial charge in [0.1, 0.15) is 0 Å². The van der Waals surface area contributed by atoms with Crippen LogP contribution in [0.3, 0.4) is 0 Å². The molecule has 3 aliphatic heterocycles. The normalized spacial score (nSPS) is 18.2. The monoisotopic (exact) mass is 870 g/mol. The van der Waals surface area contributed by atoms with Crippen LogP contribution < -0.4 is 9.80 Å². The Morgan fingerprint density at radius 1 is 0.604 bits per heavy atom. The molecule has 0 aliphatic carbocycles. The Hall–Kier alpha value is -4.70. The van der Waals surface area contributed by atoms with Crippen molar-refractivity contribution >= 4 is 38.7 Å². The maximum absolute atomic E-state index is 5.26. The third kappa shape index (κ3) is 4.86. The van der Waals surface area contributed by atoms with Crippen LogP contribution in [0.5, 0.6) is 0 Å². The molecule has 0 saturated heterocycles. The fourth-order valence-electron chi connectivity index (χ4n) is 8.78. The molecule has 266 valence electrons. The summed E-state index contributed by atoms with van der Waals surface area (Å²) >= 11 is 0. The summed E-state index contributed by atoms with van der Waals surface area (Å²) < 4.78 is 2.43. The van der Waals surface area contributed by atoms with Gasteiger partial charge in [-0.1, -0.05) is 128 Å². The number of aromatic nitrogens is 2. The number of fused-ring (bicyclic) bond motifs is 6. The minimum atomic E-state index is -0.0959. The van der Waals surface area contributed by atoms with Crippen LogP contribution in [0.15, 0.2) is 127 Å². The first-order chi connectivity index (χ1) is 24.9. The molecule has 0 N–H and O–H groups in total. The van der Waals surface area contributed by atoms with E-state index in [2.05, 4.69) is 192 Å². The molecule has 0 amide bonds. The number of hydrogen-bond acceptors (Lipinski definition) is 3.